The molecule has 0 aromatic carbocycles. The second kappa shape index (κ2) is 7.57. The molecule has 0 saturated heterocycles. The summed E-state index contributed by atoms with van der Waals surface area (Å²) in [4.78, 5) is 0. The molecule has 0 atom stereocenters. The molecular weight excluding hydrogens is 262 g/mol. The van der Waals surface area contributed by atoms with Crippen molar-refractivity contribution in [2.45, 2.75) is 71.0 Å². The van der Waals surface area contributed by atoms with Crippen LogP contribution in [0.5, 0.6) is 0 Å². The van der Waals surface area contributed by atoms with Crippen LogP contribution in [0.15, 0.2) is 0 Å². The molecule has 1 aliphatic carbocycles. The largest absolute Gasteiger partial charge is 0.314 e. The van der Waals surface area contributed by atoms with Gasteiger partial charge in [0, 0.05) is 25.2 Å². The average Bonchev–Trinajstić information content (AvgIpc) is 2.34. The first kappa shape index (κ1) is 16.9. The van der Waals surface area contributed by atoms with Gasteiger partial charge in [0.05, 0.1) is 0 Å². The molecular formula is C13H29N3O2S. The molecule has 0 heterocycles. The zero-order valence-electron chi connectivity index (χ0n) is 12.6. The van der Waals surface area contributed by atoms with E-state index in [0.29, 0.717) is 6.04 Å². The van der Waals surface area contributed by atoms with Crippen molar-refractivity contribution in [3.05, 3.63) is 0 Å². The molecule has 0 radical (unpaired) electrons. The van der Waals surface area contributed by atoms with E-state index in [1.165, 1.54) is 4.31 Å². The van der Waals surface area contributed by atoms with Gasteiger partial charge in [0.1, 0.15) is 0 Å². The smallest absolute Gasteiger partial charge is 0.279 e. The number of rotatable bonds is 7. The first-order chi connectivity index (χ1) is 8.86. The Labute approximate surface area is 118 Å². The van der Waals surface area contributed by atoms with Crippen LogP contribution in [0.3, 0.4) is 0 Å². The summed E-state index contributed by atoms with van der Waals surface area (Å²) in [6.45, 7) is 6.91. The van der Waals surface area contributed by atoms with E-state index in [1.54, 1.807) is 7.05 Å². The normalized spacial score (nSPS) is 25.2. The van der Waals surface area contributed by atoms with Crippen LogP contribution in [0.4, 0.5) is 0 Å². The highest BCUT2D eigenvalue weighted by Gasteiger charge is 2.30. The standard InChI is InChI=1S/C13H29N3O2S/c1-5-10-14-12-6-8-13(9-7-12)16(4)19(17,18)15-11(2)3/h11-15H,5-10H2,1-4H3. The van der Waals surface area contributed by atoms with Gasteiger partial charge in [0.25, 0.3) is 10.2 Å². The van der Waals surface area contributed by atoms with Crippen LogP contribution in [-0.2, 0) is 10.2 Å². The van der Waals surface area contributed by atoms with E-state index in [2.05, 4.69) is 17.0 Å². The van der Waals surface area contributed by atoms with Gasteiger partial charge in [-0.3, -0.25) is 0 Å². The lowest BCUT2D eigenvalue weighted by Crippen LogP contribution is -2.48. The van der Waals surface area contributed by atoms with Gasteiger partial charge in [-0.2, -0.15) is 17.4 Å². The summed E-state index contributed by atoms with van der Waals surface area (Å²) < 4.78 is 28.3. The molecule has 0 aromatic heterocycles. The van der Waals surface area contributed by atoms with Crippen LogP contribution in [0.25, 0.3) is 0 Å². The summed E-state index contributed by atoms with van der Waals surface area (Å²) >= 11 is 0. The SMILES string of the molecule is CCCNC1CCC(N(C)S(=O)(=O)NC(C)C)CC1. The summed E-state index contributed by atoms with van der Waals surface area (Å²) in [5, 5.41) is 3.52. The van der Waals surface area contributed by atoms with Gasteiger partial charge in [-0.15, -0.1) is 0 Å². The molecule has 1 aliphatic rings. The molecule has 1 fully saturated rings. The van der Waals surface area contributed by atoms with Crippen molar-refractivity contribution in [2.24, 2.45) is 0 Å². The Morgan fingerprint density at radius 1 is 1.21 bits per heavy atom. The maximum Gasteiger partial charge on any atom is 0.279 e. The molecule has 2 N–H and O–H groups in total. The van der Waals surface area contributed by atoms with Crippen molar-refractivity contribution in [1.82, 2.24) is 14.3 Å². The van der Waals surface area contributed by atoms with E-state index >= 15 is 0 Å². The van der Waals surface area contributed by atoms with Crippen LogP contribution >= 0.6 is 0 Å². The first-order valence-electron chi connectivity index (χ1n) is 7.35. The molecule has 1 rings (SSSR count). The predicted molar refractivity (Wildman–Crippen MR) is 79.3 cm³/mol. The van der Waals surface area contributed by atoms with E-state index in [0.717, 1.165) is 38.6 Å². The molecule has 0 unspecified atom stereocenters. The number of hydrogen-bond donors (Lipinski definition) is 2. The molecule has 6 heteroatoms. The van der Waals surface area contributed by atoms with E-state index in [9.17, 15) is 8.42 Å². The fraction of sp³-hybridized carbons (Fsp3) is 1.00. The van der Waals surface area contributed by atoms with E-state index in [-0.39, 0.29) is 12.1 Å². The lowest BCUT2D eigenvalue weighted by Gasteiger charge is -2.34. The molecule has 0 aliphatic heterocycles. The Bertz CT molecular complexity index is 349. The van der Waals surface area contributed by atoms with Gasteiger partial charge < -0.3 is 5.32 Å². The van der Waals surface area contributed by atoms with Crippen LogP contribution < -0.4 is 10.0 Å². The van der Waals surface area contributed by atoms with Crippen molar-refractivity contribution >= 4 is 10.2 Å². The molecule has 19 heavy (non-hydrogen) atoms. The number of nitrogens with zero attached hydrogens (tertiary/aromatic N) is 1. The van der Waals surface area contributed by atoms with Gasteiger partial charge in [-0.25, -0.2) is 0 Å². The maximum atomic E-state index is 12.1. The third-order valence-electron chi connectivity index (χ3n) is 3.66. The van der Waals surface area contributed by atoms with E-state index < -0.39 is 10.2 Å². The lowest BCUT2D eigenvalue weighted by atomic mass is 9.91. The van der Waals surface area contributed by atoms with Crippen LogP contribution in [0.2, 0.25) is 0 Å². The average molecular weight is 291 g/mol. The Kier molecular flexibility index (Phi) is 6.73. The molecule has 114 valence electrons. The predicted octanol–water partition coefficient (Wildman–Crippen LogP) is 1.47. The number of hydrogen-bond acceptors (Lipinski definition) is 3. The van der Waals surface area contributed by atoms with Crippen molar-refractivity contribution < 1.29 is 8.42 Å². The van der Waals surface area contributed by atoms with Crippen molar-refractivity contribution in [3.63, 3.8) is 0 Å². The highest BCUT2D eigenvalue weighted by atomic mass is 32.2. The molecule has 0 amide bonds. The van der Waals surface area contributed by atoms with Gasteiger partial charge in [0.2, 0.25) is 0 Å². The van der Waals surface area contributed by atoms with Gasteiger partial charge in [0.15, 0.2) is 0 Å². The molecule has 0 bridgehead atoms. The summed E-state index contributed by atoms with van der Waals surface area (Å²) in [6, 6.07) is 0.635. The Balaban J connectivity index is 2.46. The fourth-order valence-corrected chi connectivity index (χ4v) is 3.93. The Morgan fingerprint density at radius 2 is 1.79 bits per heavy atom. The highest BCUT2D eigenvalue weighted by Crippen LogP contribution is 2.23. The molecule has 0 aromatic rings. The summed E-state index contributed by atoms with van der Waals surface area (Å²) in [5.74, 6) is 0. The van der Waals surface area contributed by atoms with E-state index in [4.69, 9.17) is 0 Å². The summed E-state index contributed by atoms with van der Waals surface area (Å²) in [6.07, 6.45) is 5.15. The van der Waals surface area contributed by atoms with Crippen molar-refractivity contribution in [1.29, 1.82) is 0 Å². The lowest BCUT2D eigenvalue weighted by molar-refractivity contribution is 0.247. The second-order valence-corrected chi connectivity index (χ2v) is 7.52. The van der Waals surface area contributed by atoms with Crippen LogP contribution in [0, 0.1) is 0 Å². The fourth-order valence-electron chi connectivity index (χ4n) is 2.57. The van der Waals surface area contributed by atoms with Gasteiger partial charge in [-0.05, 0) is 52.5 Å². The quantitative estimate of drug-likeness (QED) is 0.747. The van der Waals surface area contributed by atoms with Crippen molar-refractivity contribution in [2.75, 3.05) is 13.6 Å². The van der Waals surface area contributed by atoms with Crippen LogP contribution in [-0.4, -0.2) is 44.4 Å². The maximum absolute atomic E-state index is 12.1. The number of nitrogens with one attached hydrogen (secondary N) is 2. The summed E-state index contributed by atoms with van der Waals surface area (Å²) in [7, 11) is -1.64. The zero-order valence-corrected chi connectivity index (χ0v) is 13.5. The minimum Gasteiger partial charge on any atom is -0.314 e. The third-order valence-corrected chi connectivity index (χ3v) is 5.48. The van der Waals surface area contributed by atoms with Crippen LogP contribution in [0.1, 0.15) is 52.9 Å². The highest BCUT2D eigenvalue weighted by molar-refractivity contribution is 7.87. The minimum atomic E-state index is -3.33. The monoisotopic (exact) mass is 291 g/mol. The molecule has 1 saturated carbocycles. The Hall–Kier alpha value is -0.170. The molecule has 0 spiro atoms. The van der Waals surface area contributed by atoms with Crippen molar-refractivity contribution in [3.8, 4) is 0 Å². The molecule has 5 nitrogen and oxygen atoms in total. The Morgan fingerprint density at radius 3 is 2.26 bits per heavy atom. The zero-order chi connectivity index (χ0) is 14.5. The second-order valence-electron chi connectivity index (χ2n) is 5.75. The topological polar surface area (TPSA) is 61.4 Å². The van der Waals surface area contributed by atoms with E-state index in [1.807, 2.05) is 13.8 Å². The minimum absolute atomic E-state index is 0.0602. The summed E-state index contributed by atoms with van der Waals surface area (Å²) in [5.41, 5.74) is 0. The van der Waals surface area contributed by atoms with Gasteiger partial charge in [-0.1, -0.05) is 6.92 Å². The first-order valence-corrected chi connectivity index (χ1v) is 8.79. The van der Waals surface area contributed by atoms with Gasteiger partial charge >= 0.3 is 0 Å². The third kappa shape index (κ3) is 5.38.